The summed E-state index contributed by atoms with van der Waals surface area (Å²) in [4.78, 5) is 16.1. The molecule has 0 aliphatic heterocycles. The predicted molar refractivity (Wildman–Crippen MR) is 111 cm³/mol. The third-order valence-electron chi connectivity index (χ3n) is 4.00. The number of ether oxygens (including phenoxy) is 1. The first-order chi connectivity index (χ1) is 12.4. The van der Waals surface area contributed by atoms with Crippen LogP contribution in [0.2, 0.25) is 5.02 Å². The standard InChI is InChI=1S/C21H26ClNO2S/c1-5-25-20-7-6-8-21(26-12-11-23(3)4)17(20)14-19(24)16-9-10-18(22)15(2)13-16/h6-10,13H,5,11-12,14H2,1-4H3. The van der Waals surface area contributed by atoms with Crippen LogP contribution in [0.4, 0.5) is 0 Å². The van der Waals surface area contributed by atoms with E-state index in [1.807, 2.05) is 32.0 Å². The molecule has 0 aliphatic rings. The highest BCUT2D eigenvalue weighted by molar-refractivity contribution is 7.99. The number of thioether (sulfide) groups is 1. The summed E-state index contributed by atoms with van der Waals surface area (Å²) in [5.41, 5.74) is 2.56. The average Bonchev–Trinajstić information content (AvgIpc) is 2.59. The van der Waals surface area contributed by atoms with Gasteiger partial charge in [0.05, 0.1) is 6.61 Å². The summed E-state index contributed by atoms with van der Waals surface area (Å²) >= 11 is 7.84. The van der Waals surface area contributed by atoms with Crippen LogP contribution >= 0.6 is 23.4 Å². The molecule has 0 fully saturated rings. The van der Waals surface area contributed by atoms with Crippen LogP contribution in [0.15, 0.2) is 41.3 Å². The van der Waals surface area contributed by atoms with Crippen molar-refractivity contribution in [2.75, 3.05) is 33.0 Å². The van der Waals surface area contributed by atoms with Crippen LogP contribution in [0.3, 0.4) is 0 Å². The molecule has 3 nitrogen and oxygen atoms in total. The van der Waals surface area contributed by atoms with Crippen LogP contribution in [0, 0.1) is 6.92 Å². The smallest absolute Gasteiger partial charge is 0.167 e. The lowest BCUT2D eigenvalue weighted by atomic mass is 10.0. The zero-order valence-electron chi connectivity index (χ0n) is 15.8. The Labute approximate surface area is 165 Å². The Morgan fingerprint density at radius 1 is 1.23 bits per heavy atom. The molecule has 2 aromatic rings. The molecule has 0 aliphatic carbocycles. The number of halogens is 1. The number of aryl methyl sites for hydroxylation is 1. The second kappa shape index (κ2) is 10.0. The van der Waals surface area contributed by atoms with Crippen molar-refractivity contribution >= 4 is 29.1 Å². The minimum atomic E-state index is 0.0754. The summed E-state index contributed by atoms with van der Waals surface area (Å²) in [6.07, 6.45) is 0.321. The molecule has 26 heavy (non-hydrogen) atoms. The van der Waals surface area contributed by atoms with Gasteiger partial charge in [-0.25, -0.2) is 0 Å². The van der Waals surface area contributed by atoms with Gasteiger partial charge < -0.3 is 9.64 Å². The highest BCUT2D eigenvalue weighted by atomic mass is 35.5. The second-order valence-electron chi connectivity index (χ2n) is 6.38. The van der Waals surface area contributed by atoms with Crippen LogP contribution < -0.4 is 4.74 Å². The third-order valence-corrected chi connectivity index (χ3v) is 5.51. The number of nitrogens with zero attached hydrogens (tertiary/aromatic N) is 1. The quantitative estimate of drug-likeness (QED) is 0.438. The van der Waals surface area contributed by atoms with Crippen LogP contribution in [0.5, 0.6) is 5.75 Å². The van der Waals surface area contributed by atoms with Gasteiger partial charge in [0.25, 0.3) is 0 Å². The molecule has 0 radical (unpaired) electrons. The van der Waals surface area contributed by atoms with Crippen molar-refractivity contribution < 1.29 is 9.53 Å². The molecule has 140 valence electrons. The number of carbonyl (C=O) groups is 1. The zero-order valence-corrected chi connectivity index (χ0v) is 17.4. The molecule has 0 bridgehead atoms. The topological polar surface area (TPSA) is 29.5 Å². The van der Waals surface area contributed by atoms with E-state index in [1.165, 1.54) is 0 Å². The van der Waals surface area contributed by atoms with Crippen molar-refractivity contribution in [3.63, 3.8) is 0 Å². The van der Waals surface area contributed by atoms with Crippen molar-refractivity contribution in [1.29, 1.82) is 0 Å². The van der Waals surface area contributed by atoms with Gasteiger partial charge in [-0.05, 0) is 63.8 Å². The Morgan fingerprint density at radius 3 is 2.65 bits per heavy atom. The number of hydrogen-bond donors (Lipinski definition) is 0. The summed E-state index contributed by atoms with van der Waals surface area (Å²) < 4.78 is 5.79. The molecule has 5 heteroatoms. The Balaban J connectivity index is 2.26. The summed E-state index contributed by atoms with van der Waals surface area (Å²) in [6, 6.07) is 11.4. The van der Waals surface area contributed by atoms with Gasteiger partial charge in [-0.3, -0.25) is 4.79 Å². The van der Waals surface area contributed by atoms with E-state index in [2.05, 4.69) is 25.1 Å². The number of Topliss-reactive ketones (excluding diaryl/α,β-unsaturated/α-hetero) is 1. The molecule has 0 spiro atoms. The average molecular weight is 392 g/mol. The van der Waals surface area contributed by atoms with Gasteiger partial charge in [0.1, 0.15) is 5.75 Å². The van der Waals surface area contributed by atoms with E-state index < -0.39 is 0 Å². The fourth-order valence-electron chi connectivity index (χ4n) is 2.56. The molecule has 0 heterocycles. The number of rotatable bonds is 9. The molecule has 2 aromatic carbocycles. The summed E-state index contributed by atoms with van der Waals surface area (Å²) in [5.74, 6) is 1.83. The number of ketones is 1. The van der Waals surface area contributed by atoms with Crippen LogP contribution in [-0.2, 0) is 6.42 Å². The van der Waals surface area contributed by atoms with Crippen LogP contribution in [0.1, 0.15) is 28.4 Å². The minimum absolute atomic E-state index is 0.0754. The zero-order chi connectivity index (χ0) is 19.1. The summed E-state index contributed by atoms with van der Waals surface area (Å²) in [6.45, 7) is 5.43. The van der Waals surface area contributed by atoms with E-state index in [1.54, 1.807) is 23.9 Å². The molecular formula is C21H26ClNO2S. The molecule has 0 saturated carbocycles. The normalized spacial score (nSPS) is 11.0. The Kier molecular flexibility index (Phi) is 8.01. The van der Waals surface area contributed by atoms with Gasteiger partial charge >= 0.3 is 0 Å². The molecule has 2 rings (SSSR count). The van der Waals surface area contributed by atoms with E-state index in [9.17, 15) is 4.79 Å². The Bertz CT molecular complexity index is 762. The Hall–Kier alpha value is -1.49. The first-order valence-electron chi connectivity index (χ1n) is 8.74. The van der Waals surface area contributed by atoms with E-state index >= 15 is 0 Å². The number of hydrogen-bond acceptors (Lipinski definition) is 4. The molecule has 0 atom stereocenters. The van der Waals surface area contributed by atoms with Gasteiger partial charge in [-0.15, -0.1) is 11.8 Å². The number of carbonyl (C=O) groups excluding carboxylic acids is 1. The van der Waals surface area contributed by atoms with E-state index in [4.69, 9.17) is 16.3 Å². The lowest BCUT2D eigenvalue weighted by Gasteiger charge is -2.15. The van der Waals surface area contributed by atoms with Crippen molar-refractivity contribution in [3.05, 3.63) is 58.1 Å². The second-order valence-corrected chi connectivity index (χ2v) is 7.93. The van der Waals surface area contributed by atoms with Crippen LogP contribution in [0.25, 0.3) is 0 Å². The highest BCUT2D eigenvalue weighted by Crippen LogP contribution is 2.32. The fourth-order valence-corrected chi connectivity index (χ4v) is 3.88. The maximum absolute atomic E-state index is 12.9. The van der Waals surface area contributed by atoms with Crippen molar-refractivity contribution in [2.45, 2.75) is 25.2 Å². The van der Waals surface area contributed by atoms with Gasteiger partial charge in [0, 0.05) is 39.8 Å². The maximum Gasteiger partial charge on any atom is 0.167 e. The fraction of sp³-hybridized carbons (Fsp3) is 0.381. The predicted octanol–water partition coefficient (Wildman–Crippen LogP) is 5.13. The van der Waals surface area contributed by atoms with Gasteiger partial charge in [-0.2, -0.15) is 0 Å². The summed E-state index contributed by atoms with van der Waals surface area (Å²) in [7, 11) is 4.12. The third kappa shape index (κ3) is 5.76. The highest BCUT2D eigenvalue weighted by Gasteiger charge is 2.16. The lowest BCUT2D eigenvalue weighted by molar-refractivity contribution is 0.0991. The van der Waals surface area contributed by atoms with E-state index in [0.29, 0.717) is 23.6 Å². The first kappa shape index (κ1) is 20.8. The number of benzene rings is 2. The minimum Gasteiger partial charge on any atom is -0.494 e. The first-order valence-corrected chi connectivity index (χ1v) is 10.1. The largest absolute Gasteiger partial charge is 0.494 e. The lowest BCUT2D eigenvalue weighted by Crippen LogP contribution is -2.15. The van der Waals surface area contributed by atoms with Crippen molar-refractivity contribution in [3.8, 4) is 5.75 Å². The molecule has 0 N–H and O–H groups in total. The molecule has 0 unspecified atom stereocenters. The molecule has 0 aromatic heterocycles. The van der Waals surface area contributed by atoms with E-state index in [0.717, 1.165) is 34.1 Å². The van der Waals surface area contributed by atoms with Crippen molar-refractivity contribution in [2.24, 2.45) is 0 Å². The maximum atomic E-state index is 12.9. The van der Waals surface area contributed by atoms with Gasteiger partial charge in [-0.1, -0.05) is 17.7 Å². The van der Waals surface area contributed by atoms with Crippen LogP contribution in [-0.4, -0.2) is 43.7 Å². The van der Waals surface area contributed by atoms with Gasteiger partial charge in [0.15, 0.2) is 5.78 Å². The Morgan fingerprint density at radius 2 is 2.00 bits per heavy atom. The monoisotopic (exact) mass is 391 g/mol. The SMILES string of the molecule is CCOc1cccc(SCCN(C)C)c1CC(=O)c1ccc(Cl)c(C)c1. The molecular weight excluding hydrogens is 366 g/mol. The van der Waals surface area contributed by atoms with Crippen molar-refractivity contribution in [1.82, 2.24) is 4.90 Å². The molecule has 0 amide bonds. The summed E-state index contributed by atoms with van der Waals surface area (Å²) in [5, 5.41) is 0.677. The molecule has 0 saturated heterocycles. The van der Waals surface area contributed by atoms with E-state index in [-0.39, 0.29) is 5.78 Å². The van der Waals surface area contributed by atoms with Gasteiger partial charge in [0.2, 0.25) is 0 Å².